The van der Waals surface area contributed by atoms with Crippen LogP contribution in [0.5, 0.6) is 0 Å². The zero-order valence-electron chi connectivity index (χ0n) is 12.3. The molecule has 1 aliphatic carbocycles. The van der Waals surface area contributed by atoms with Gasteiger partial charge in [-0.1, -0.05) is 0 Å². The first-order valence-electron chi connectivity index (χ1n) is 7.46. The number of aryl methyl sites for hydroxylation is 2. The van der Waals surface area contributed by atoms with Crippen molar-refractivity contribution in [3.63, 3.8) is 0 Å². The molecule has 1 atom stereocenters. The molecule has 3 rings (SSSR count). The summed E-state index contributed by atoms with van der Waals surface area (Å²) < 4.78 is 3.99. The molecule has 112 valence electrons. The van der Waals surface area contributed by atoms with Crippen LogP contribution in [0.1, 0.15) is 37.5 Å². The highest BCUT2D eigenvalue weighted by Gasteiger charge is 2.35. The SMILES string of the molecule is Cn1ccnc1[C@H](NC(=O)CCCn1ccnc1)C1CC1. The smallest absolute Gasteiger partial charge is 0.220 e. The fourth-order valence-corrected chi connectivity index (χ4v) is 2.59. The van der Waals surface area contributed by atoms with Gasteiger partial charge in [-0.3, -0.25) is 4.79 Å². The molecule has 0 aromatic carbocycles. The van der Waals surface area contributed by atoms with E-state index in [2.05, 4.69) is 15.3 Å². The molecule has 0 aliphatic heterocycles. The maximum absolute atomic E-state index is 12.1. The minimum Gasteiger partial charge on any atom is -0.346 e. The summed E-state index contributed by atoms with van der Waals surface area (Å²) in [5.41, 5.74) is 0. The number of carbonyl (C=O) groups is 1. The Morgan fingerprint density at radius 3 is 2.90 bits per heavy atom. The normalized spacial score (nSPS) is 15.9. The van der Waals surface area contributed by atoms with Crippen LogP contribution in [0.15, 0.2) is 31.1 Å². The molecule has 21 heavy (non-hydrogen) atoms. The Morgan fingerprint density at radius 2 is 2.29 bits per heavy atom. The van der Waals surface area contributed by atoms with Gasteiger partial charge in [-0.05, 0) is 25.2 Å². The number of hydrogen-bond donors (Lipinski definition) is 1. The summed E-state index contributed by atoms with van der Waals surface area (Å²) in [5, 5.41) is 3.16. The van der Waals surface area contributed by atoms with E-state index in [1.54, 1.807) is 18.7 Å². The highest BCUT2D eigenvalue weighted by Crippen LogP contribution is 2.40. The van der Waals surface area contributed by atoms with Crippen molar-refractivity contribution in [2.45, 2.75) is 38.3 Å². The highest BCUT2D eigenvalue weighted by molar-refractivity contribution is 5.76. The lowest BCUT2D eigenvalue weighted by Gasteiger charge is -2.18. The van der Waals surface area contributed by atoms with Gasteiger partial charge in [0.05, 0.1) is 12.4 Å². The van der Waals surface area contributed by atoms with E-state index < -0.39 is 0 Å². The summed E-state index contributed by atoms with van der Waals surface area (Å²) in [6, 6.07) is 0.0609. The minimum atomic E-state index is 0.0609. The van der Waals surface area contributed by atoms with Crippen LogP contribution in [-0.4, -0.2) is 25.0 Å². The number of hydrogen-bond acceptors (Lipinski definition) is 3. The van der Waals surface area contributed by atoms with Crippen LogP contribution in [-0.2, 0) is 18.4 Å². The predicted octanol–water partition coefficient (Wildman–Crippen LogP) is 1.66. The molecule has 2 aromatic rings. The zero-order valence-corrected chi connectivity index (χ0v) is 12.3. The molecule has 6 nitrogen and oxygen atoms in total. The Kier molecular flexibility index (Phi) is 4.03. The second-order valence-corrected chi connectivity index (χ2v) is 5.68. The molecule has 6 heteroatoms. The van der Waals surface area contributed by atoms with Crippen molar-refractivity contribution in [2.24, 2.45) is 13.0 Å². The van der Waals surface area contributed by atoms with Gasteiger partial charge >= 0.3 is 0 Å². The van der Waals surface area contributed by atoms with E-state index in [0.29, 0.717) is 12.3 Å². The number of nitrogens with zero attached hydrogens (tertiary/aromatic N) is 4. The molecular formula is C15H21N5O. The Hall–Kier alpha value is -2.11. The van der Waals surface area contributed by atoms with Gasteiger partial charge in [0.1, 0.15) is 5.82 Å². The lowest BCUT2D eigenvalue weighted by molar-refractivity contribution is -0.122. The van der Waals surface area contributed by atoms with Crippen LogP contribution < -0.4 is 5.32 Å². The first kappa shape index (κ1) is 13.9. The van der Waals surface area contributed by atoms with Gasteiger partial charge in [0.25, 0.3) is 0 Å². The second kappa shape index (κ2) is 6.11. The van der Waals surface area contributed by atoms with Crippen molar-refractivity contribution in [3.05, 3.63) is 36.9 Å². The van der Waals surface area contributed by atoms with Crippen LogP contribution in [0.3, 0.4) is 0 Å². The van der Waals surface area contributed by atoms with Crippen LogP contribution in [0, 0.1) is 5.92 Å². The number of rotatable bonds is 7. The molecule has 0 bridgehead atoms. The van der Waals surface area contributed by atoms with E-state index in [-0.39, 0.29) is 11.9 Å². The van der Waals surface area contributed by atoms with Gasteiger partial charge in [0, 0.05) is 44.8 Å². The predicted molar refractivity (Wildman–Crippen MR) is 78.3 cm³/mol. The molecule has 1 amide bonds. The minimum absolute atomic E-state index is 0.0609. The molecule has 0 radical (unpaired) electrons. The molecule has 1 saturated carbocycles. The monoisotopic (exact) mass is 287 g/mol. The molecule has 1 fully saturated rings. The van der Waals surface area contributed by atoms with Crippen molar-refractivity contribution in [1.29, 1.82) is 0 Å². The summed E-state index contributed by atoms with van der Waals surface area (Å²) in [7, 11) is 1.98. The third-order valence-corrected chi connectivity index (χ3v) is 3.93. The molecule has 2 aromatic heterocycles. The van der Waals surface area contributed by atoms with Crippen molar-refractivity contribution in [3.8, 4) is 0 Å². The van der Waals surface area contributed by atoms with Gasteiger partial charge in [0.15, 0.2) is 0 Å². The van der Waals surface area contributed by atoms with Crippen LogP contribution >= 0.6 is 0 Å². The van der Waals surface area contributed by atoms with Gasteiger partial charge in [-0.15, -0.1) is 0 Å². The van der Waals surface area contributed by atoms with Crippen molar-refractivity contribution in [2.75, 3.05) is 0 Å². The first-order chi connectivity index (χ1) is 10.2. The molecular weight excluding hydrogens is 266 g/mol. The Balaban J connectivity index is 1.51. The summed E-state index contributed by atoms with van der Waals surface area (Å²) >= 11 is 0. The summed E-state index contributed by atoms with van der Waals surface area (Å²) in [6.45, 7) is 0.823. The number of nitrogens with one attached hydrogen (secondary N) is 1. The molecule has 1 aliphatic rings. The number of aromatic nitrogens is 4. The van der Waals surface area contributed by atoms with Crippen LogP contribution in [0.2, 0.25) is 0 Å². The van der Waals surface area contributed by atoms with E-state index in [0.717, 1.165) is 18.8 Å². The Morgan fingerprint density at radius 1 is 1.43 bits per heavy atom. The topological polar surface area (TPSA) is 64.7 Å². The van der Waals surface area contributed by atoms with Gasteiger partial charge in [0.2, 0.25) is 5.91 Å². The maximum atomic E-state index is 12.1. The quantitative estimate of drug-likeness (QED) is 0.842. The lowest BCUT2D eigenvalue weighted by atomic mass is 10.1. The number of imidazole rings is 2. The number of carbonyl (C=O) groups excluding carboxylic acids is 1. The average molecular weight is 287 g/mol. The Bertz CT molecular complexity index is 585. The average Bonchev–Trinajstić information content (AvgIpc) is 3.01. The molecule has 0 unspecified atom stereocenters. The van der Waals surface area contributed by atoms with E-state index >= 15 is 0 Å². The zero-order chi connectivity index (χ0) is 14.7. The fraction of sp³-hybridized carbons (Fsp3) is 0.533. The number of amides is 1. The fourth-order valence-electron chi connectivity index (χ4n) is 2.59. The van der Waals surface area contributed by atoms with Gasteiger partial charge in [-0.2, -0.15) is 0 Å². The molecule has 1 N–H and O–H groups in total. The van der Waals surface area contributed by atoms with Crippen molar-refractivity contribution >= 4 is 5.91 Å². The summed E-state index contributed by atoms with van der Waals surface area (Å²) in [4.78, 5) is 20.5. The van der Waals surface area contributed by atoms with Crippen molar-refractivity contribution < 1.29 is 4.79 Å². The largest absolute Gasteiger partial charge is 0.346 e. The summed E-state index contributed by atoms with van der Waals surface area (Å²) in [6.07, 6.45) is 12.9. The van der Waals surface area contributed by atoms with E-state index in [1.165, 1.54) is 12.8 Å². The molecule has 2 heterocycles. The van der Waals surface area contributed by atoms with Crippen LogP contribution in [0.25, 0.3) is 0 Å². The van der Waals surface area contributed by atoms with Crippen LogP contribution in [0.4, 0.5) is 0 Å². The lowest BCUT2D eigenvalue weighted by Crippen LogP contribution is -2.31. The third-order valence-electron chi connectivity index (χ3n) is 3.93. The summed E-state index contributed by atoms with van der Waals surface area (Å²) in [5.74, 6) is 1.61. The first-order valence-corrected chi connectivity index (χ1v) is 7.46. The van der Waals surface area contributed by atoms with E-state index in [9.17, 15) is 4.79 Å². The van der Waals surface area contributed by atoms with Gasteiger partial charge in [-0.25, -0.2) is 9.97 Å². The van der Waals surface area contributed by atoms with Gasteiger partial charge < -0.3 is 14.5 Å². The molecule has 0 saturated heterocycles. The highest BCUT2D eigenvalue weighted by atomic mass is 16.1. The third kappa shape index (κ3) is 3.51. The van der Waals surface area contributed by atoms with Crippen molar-refractivity contribution in [1.82, 2.24) is 24.4 Å². The van der Waals surface area contributed by atoms with E-state index in [4.69, 9.17) is 0 Å². The molecule has 0 spiro atoms. The standard InChI is InChI=1S/C15H21N5O/c1-19-9-7-17-15(19)14(12-4-5-12)18-13(21)3-2-8-20-10-6-16-11-20/h6-7,9-12,14H,2-5,8H2,1H3,(H,18,21)/t14-/m1/s1. The Labute approximate surface area is 124 Å². The second-order valence-electron chi connectivity index (χ2n) is 5.68. The maximum Gasteiger partial charge on any atom is 0.220 e. The van der Waals surface area contributed by atoms with E-state index in [1.807, 2.05) is 28.6 Å².